The van der Waals surface area contributed by atoms with Crippen LogP contribution in [0.25, 0.3) is 16.9 Å². The van der Waals surface area contributed by atoms with Crippen LogP contribution in [0.3, 0.4) is 0 Å². The van der Waals surface area contributed by atoms with Crippen molar-refractivity contribution in [2.45, 2.75) is 44.5 Å². The minimum absolute atomic E-state index is 0.000988. The van der Waals surface area contributed by atoms with Crippen molar-refractivity contribution < 1.29 is 19.0 Å². The average molecular weight is 468 g/mol. The average Bonchev–Trinajstić information content (AvgIpc) is 3.25. The van der Waals surface area contributed by atoms with E-state index in [1.807, 2.05) is 6.07 Å². The number of carbonyl (C=O) groups is 1. The van der Waals surface area contributed by atoms with Gasteiger partial charge in [-0.3, -0.25) is 9.78 Å². The van der Waals surface area contributed by atoms with Gasteiger partial charge in [0.2, 0.25) is 0 Å². The van der Waals surface area contributed by atoms with Crippen molar-refractivity contribution in [3.05, 3.63) is 42.0 Å². The van der Waals surface area contributed by atoms with Crippen molar-refractivity contribution in [1.82, 2.24) is 24.9 Å². The maximum absolute atomic E-state index is 14.2. The van der Waals surface area contributed by atoms with E-state index in [-0.39, 0.29) is 18.2 Å². The molecule has 1 aliphatic heterocycles. The highest BCUT2D eigenvalue weighted by atomic mass is 19.1. The lowest BCUT2D eigenvalue weighted by molar-refractivity contribution is -0.00177. The van der Waals surface area contributed by atoms with Crippen LogP contribution in [0.2, 0.25) is 0 Å². The van der Waals surface area contributed by atoms with Crippen molar-refractivity contribution in [2.24, 2.45) is 0 Å². The molecule has 1 aliphatic rings. The molecule has 3 aromatic heterocycles. The Bertz CT molecular complexity index is 1230. The molecule has 0 aliphatic carbocycles. The summed E-state index contributed by atoms with van der Waals surface area (Å²) in [7, 11) is 0. The summed E-state index contributed by atoms with van der Waals surface area (Å²) in [5.41, 5.74) is 1.24. The van der Waals surface area contributed by atoms with E-state index in [4.69, 9.17) is 10.00 Å². The van der Waals surface area contributed by atoms with Gasteiger partial charge in [-0.25, -0.2) is 13.9 Å². The maximum Gasteiger partial charge on any atom is 0.255 e. The summed E-state index contributed by atoms with van der Waals surface area (Å²) in [5, 5.41) is 29.0. The van der Waals surface area contributed by atoms with E-state index >= 15 is 0 Å². The van der Waals surface area contributed by atoms with Crippen molar-refractivity contribution >= 4 is 17.2 Å². The quantitative estimate of drug-likeness (QED) is 0.480. The van der Waals surface area contributed by atoms with Crippen molar-refractivity contribution in [3.63, 3.8) is 0 Å². The number of nitrogens with one attached hydrogen (secondary N) is 2. The number of alkyl halides is 1. The third-order valence-electron chi connectivity index (χ3n) is 5.64. The number of rotatable bonds is 7. The number of nitrogens with zero attached hydrogens (tertiary/aromatic N) is 5. The largest absolute Gasteiger partial charge is 0.387 e. The zero-order valence-corrected chi connectivity index (χ0v) is 19.0. The molecule has 4 heterocycles. The Hall–Kier alpha value is -3.62. The van der Waals surface area contributed by atoms with Crippen LogP contribution in [0.4, 0.5) is 10.1 Å². The smallest absolute Gasteiger partial charge is 0.255 e. The van der Waals surface area contributed by atoms with Crippen LogP contribution in [-0.2, 0) is 4.74 Å². The lowest BCUT2D eigenvalue weighted by atomic mass is 10.0. The molecule has 3 N–H and O–H groups in total. The van der Waals surface area contributed by atoms with Gasteiger partial charge in [-0.05, 0) is 32.8 Å². The lowest BCUT2D eigenvalue weighted by Gasteiger charge is -2.26. The van der Waals surface area contributed by atoms with Gasteiger partial charge in [0.1, 0.15) is 12.2 Å². The highest BCUT2D eigenvalue weighted by Gasteiger charge is 2.27. The molecular weight excluding hydrogens is 441 g/mol. The van der Waals surface area contributed by atoms with Crippen LogP contribution in [0.15, 0.2) is 30.9 Å². The summed E-state index contributed by atoms with van der Waals surface area (Å²) in [6.07, 6.45) is 6.18. The van der Waals surface area contributed by atoms with Gasteiger partial charge in [-0.1, -0.05) is 0 Å². The molecule has 0 radical (unpaired) electrons. The van der Waals surface area contributed by atoms with E-state index < -0.39 is 17.7 Å². The van der Waals surface area contributed by atoms with Crippen LogP contribution in [0.1, 0.15) is 42.6 Å². The zero-order valence-electron chi connectivity index (χ0n) is 19.0. The Balaban J connectivity index is 1.65. The van der Waals surface area contributed by atoms with Gasteiger partial charge >= 0.3 is 0 Å². The predicted molar refractivity (Wildman–Crippen MR) is 122 cm³/mol. The molecule has 0 saturated carbocycles. The maximum atomic E-state index is 14.2. The number of aromatic nitrogens is 4. The molecule has 11 heteroatoms. The van der Waals surface area contributed by atoms with Crippen LogP contribution in [0, 0.1) is 11.3 Å². The Kier molecular flexibility index (Phi) is 6.72. The minimum atomic E-state index is -1.63. The van der Waals surface area contributed by atoms with Gasteiger partial charge in [0, 0.05) is 25.0 Å². The zero-order chi connectivity index (χ0) is 24.3. The van der Waals surface area contributed by atoms with E-state index in [0.717, 1.165) is 12.8 Å². The third-order valence-corrected chi connectivity index (χ3v) is 5.64. The summed E-state index contributed by atoms with van der Waals surface area (Å²) < 4.78 is 21.2. The Labute approximate surface area is 195 Å². The first-order valence-electron chi connectivity index (χ1n) is 11.0. The number of ether oxygens (including phenoxy) is 1. The molecular formula is C23H26FN7O3. The van der Waals surface area contributed by atoms with E-state index in [1.54, 1.807) is 18.5 Å². The first-order valence-corrected chi connectivity index (χ1v) is 11.0. The highest BCUT2D eigenvalue weighted by molar-refractivity contribution is 6.00. The summed E-state index contributed by atoms with van der Waals surface area (Å²) in [6, 6.07) is 3.75. The standard InChI is InChI=1S/C23H26FN7O3/c1-23(2,33)20(24)11-28-22(32)17-9-26-18(6-19(17)30-15-4-3-5-34-13-15)16-10-29-31-12-14(7-25)8-27-21(16)31/h6,8-10,12,15,20,33H,3-5,11,13H2,1-2H3,(H,26,30)(H,28,32)/t15?,20-/m1/s1. The number of amides is 1. The molecule has 0 aromatic carbocycles. The van der Waals surface area contributed by atoms with Crippen molar-refractivity contribution in [1.29, 1.82) is 5.26 Å². The van der Waals surface area contributed by atoms with E-state index in [2.05, 4.69) is 25.7 Å². The Morgan fingerprint density at radius 1 is 1.41 bits per heavy atom. The molecule has 2 atom stereocenters. The van der Waals surface area contributed by atoms with Crippen molar-refractivity contribution in [2.75, 3.05) is 25.1 Å². The van der Waals surface area contributed by atoms with Gasteiger partial charge in [-0.15, -0.1) is 0 Å². The highest BCUT2D eigenvalue weighted by Crippen LogP contribution is 2.27. The first kappa shape index (κ1) is 23.5. The summed E-state index contributed by atoms with van der Waals surface area (Å²) in [6.45, 7) is 3.55. The number of hydrogen-bond acceptors (Lipinski definition) is 8. The first-order chi connectivity index (χ1) is 16.3. The normalized spacial score (nSPS) is 17.2. The number of pyridine rings is 1. The molecule has 3 aromatic rings. The second kappa shape index (κ2) is 9.70. The van der Waals surface area contributed by atoms with Gasteiger partial charge in [0.15, 0.2) is 5.65 Å². The van der Waals surface area contributed by atoms with E-state index in [9.17, 15) is 14.3 Å². The number of halogens is 1. The predicted octanol–water partition coefficient (Wildman–Crippen LogP) is 2.09. The fourth-order valence-corrected chi connectivity index (χ4v) is 3.62. The second-order valence-corrected chi connectivity index (χ2v) is 8.79. The summed E-state index contributed by atoms with van der Waals surface area (Å²) in [5.74, 6) is -0.512. The minimum Gasteiger partial charge on any atom is -0.387 e. The molecule has 0 bridgehead atoms. The van der Waals surface area contributed by atoms with Crippen LogP contribution < -0.4 is 10.6 Å². The van der Waals surface area contributed by atoms with Crippen LogP contribution >= 0.6 is 0 Å². The number of fused-ring (bicyclic) bond motifs is 1. The molecule has 0 spiro atoms. The third kappa shape index (κ3) is 5.13. The summed E-state index contributed by atoms with van der Waals surface area (Å²) in [4.78, 5) is 21.6. The van der Waals surface area contributed by atoms with E-state index in [0.29, 0.717) is 41.4 Å². The second-order valence-electron chi connectivity index (χ2n) is 8.79. The Morgan fingerprint density at radius 2 is 2.24 bits per heavy atom. The molecule has 4 rings (SSSR count). The lowest BCUT2D eigenvalue weighted by Crippen LogP contribution is -2.42. The monoisotopic (exact) mass is 467 g/mol. The van der Waals surface area contributed by atoms with Crippen LogP contribution in [-0.4, -0.2) is 68.2 Å². The van der Waals surface area contributed by atoms with E-state index in [1.165, 1.54) is 30.8 Å². The number of hydrogen-bond donors (Lipinski definition) is 3. The molecule has 1 amide bonds. The fourth-order valence-electron chi connectivity index (χ4n) is 3.62. The van der Waals surface area contributed by atoms with Gasteiger partial charge < -0.3 is 20.5 Å². The molecule has 34 heavy (non-hydrogen) atoms. The molecule has 1 unspecified atom stereocenters. The SMILES string of the molecule is CC(C)(O)[C@H](F)CNC(=O)c1cnc(-c2cnn3cc(C#N)cnc23)cc1NC1CCCOC1. The van der Waals surface area contributed by atoms with Gasteiger partial charge in [-0.2, -0.15) is 10.4 Å². The number of anilines is 1. The number of carbonyl (C=O) groups excluding carboxylic acids is 1. The number of nitriles is 1. The van der Waals surface area contributed by atoms with Gasteiger partial charge in [0.25, 0.3) is 5.91 Å². The molecule has 10 nitrogen and oxygen atoms in total. The Morgan fingerprint density at radius 3 is 2.94 bits per heavy atom. The number of aliphatic hydroxyl groups is 1. The summed E-state index contributed by atoms with van der Waals surface area (Å²) >= 11 is 0. The van der Waals surface area contributed by atoms with Gasteiger partial charge in [0.05, 0.1) is 59.2 Å². The molecule has 1 fully saturated rings. The van der Waals surface area contributed by atoms with Crippen molar-refractivity contribution in [3.8, 4) is 17.3 Å². The molecule has 178 valence electrons. The molecule has 1 saturated heterocycles. The topological polar surface area (TPSA) is 137 Å². The fraction of sp³-hybridized carbons (Fsp3) is 0.435. The van der Waals surface area contributed by atoms with Crippen LogP contribution in [0.5, 0.6) is 0 Å².